The van der Waals surface area contributed by atoms with Crippen LogP contribution in [0.15, 0.2) is 0 Å². The minimum Gasteiger partial charge on any atom is -0.396 e. The van der Waals surface area contributed by atoms with Crippen LogP contribution in [0.1, 0.15) is 32.6 Å². The van der Waals surface area contributed by atoms with Crippen LogP contribution in [-0.2, 0) is 4.74 Å². The molecule has 3 nitrogen and oxygen atoms in total. The van der Waals surface area contributed by atoms with E-state index in [0.717, 1.165) is 26.2 Å². The number of aliphatic hydroxyl groups excluding tert-OH is 1. The van der Waals surface area contributed by atoms with E-state index in [-0.39, 0.29) is 5.41 Å². The van der Waals surface area contributed by atoms with Crippen LogP contribution < -0.4 is 0 Å². The zero-order chi connectivity index (χ0) is 11.1. The molecule has 0 radical (unpaired) electrons. The summed E-state index contributed by atoms with van der Waals surface area (Å²) < 4.78 is 5.10. The summed E-state index contributed by atoms with van der Waals surface area (Å²) in [6.45, 7) is 6.37. The van der Waals surface area contributed by atoms with Crippen molar-refractivity contribution in [2.24, 2.45) is 5.41 Å². The Kier molecular flexibility index (Phi) is 5.58. The largest absolute Gasteiger partial charge is 0.396 e. The molecule has 0 atom stereocenters. The van der Waals surface area contributed by atoms with Crippen LogP contribution in [-0.4, -0.2) is 50.0 Å². The highest BCUT2D eigenvalue weighted by molar-refractivity contribution is 4.86. The van der Waals surface area contributed by atoms with Crippen molar-refractivity contribution < 1.29 is 9.84 Å². The van der Waals surface area contributed by atoms with Crippen LogP contribution in [0, 0.1) is 5.41 Å². The number of methoxy groups -OCH3 is 1. The summed E-state index contributed by atoms with van der Waals surface area (Å²) in [5.41, 5.74) is 0.184. The first-order valence-corrected chi connectivity index (χ1v) is 6.08. The van der Waals surface area contributed by atoms with Crippen LogP contribution in [0.25, 0.3) is 0 Å². The first-order chi connectivity index (χ1) is 7.26. The second kappa shape index (κ2) is 6.46. The molecule has 0 amide bonds. The number of aliphatic hydroxyl groups is 1. The van der Waals surface area contributed by atoms with Gasteiger partial charge in [0.25, 0.3) is 0 Å². The third kappa shape index (κ3) is 3.74. The highest BCUT2D eigenvalue weighted by Gasteiger charge is 2.34. The lowest BCUT2D eigenvalue weighted by Crippen LogP contribution is -2.40. The Morgan fingerprint density at radius 2 is 2.00 bits per heavy atom. The van der Waals surface area contributed by atoms with Gasteiger partial charge in [0.2, 0.25) is 0 Å². The summed E-state index contributed by atoms with van der Waals surface area (Å²) in [7, 11) is 1.74. The minimum absolute atomic E-state index is 0.184. The lowest BCUT2D eigenvalue weighted by molar-refractivity contribution is 0.0657. The van der Waals surface area contributed by atoms with E-state index in [2.05, 4.69) is 11.8 Å². The normalized spacial score (nSPS) is 20.0. The fourth-order valence-corrected chi connectivity index (χ4v) is 2.53. The van der Waals surface area contributed by atoms with Gasteiger partial charge in [0.1, 0.15) is 0 Å². The molecular formula is C12H25NO2. The molecule has 0 spiro atoms. The average Bonchev–Trinajstić information content (AvgIpc) is 2.73. The van der Waals surface area contributed by atoms with Crippen molar-refractivity contribution in [2.75, 3.05) is 40.0 Å². The topological polar surface area (TPSA) is 32.7 Å². The van der Waals surface area contributed by atoms with E-state index in [1.54, 1.807) is 7.11 Å². The summed E-state index contributed by atoms with van der Waals surface area (Å²) in [4.78, 5) is 2.39. The third-order valence-corrected chi connectivity index (χ3v) is 3.62. The monoisotopic (exact) mass is 215 g/mol. The highest BCUT2D eigenvalue weighted by atomic mass is 16.5. The van der Waals surface area contributed by atoms with E-state index in [9.17, 15) is 5.11 Å². The van der Waals surface area contributed by atoms with Crippen molar-refractivity contribution >= 4 is 0 Å². The fraction of sp³-hybridized carbons (Fsp3) is 1.00. The van der Waals surface area contributed by atoms with Gasteiger partial charge in [-0.15, -0.1) is 0 Å². The maximum Gasteiger partial charge on any atom is 0.0589 e. The molecule has 15 heavy (non-hydrogen) atoms. The Bertz CT molecular complexity index is 167. The molecule has 1 fully saturated rings. The molecule has 0 saturated heterocycles. The van der Waals surface area contributed by atoms with E-state index < -0.39 is 0 Å². The summed E-state index contributed by atoms with van der Waals surface area (Å²) in [6, 6.07) is 0. The number of hydrogen-bond donors (Lipinski definition) is 1. The smallest absolute Gasteiger partial charge is 0.0589 e. The maximum atomic E-state index is 9.53. The summed E-state index contributed by atoms with van der Waals surface area (Å²) in [5, 5.41) is 9.53. The number of likely N-dealkylation sites (N-methyl/N-ethyl adjacent to an activating group) is 1. The van der Waals surface area contributed by atoms with Gasteiger partial charge >= 0.3 is 0 Å². The predicted octanol–water partition coefficient (Wildman–Crippen LogP) is 1.51. The zero-order valence-electron chi connectivity index (χ0n) is 10.2. The van der Waals surface area contributed by atoms with Crippen LogP contribution in [0.5, 0.6) is 0 Å². The zero-order valence-corrected chi connectivity index (χ0v) is 10.2. The van der Waals surface area contributed by atoms with Gasteiger partial charge in [-0.2, -0.15) is 0 Å². The van der Waals surface area contributed by atoms with Gasteiger partial charge in [-0.25, -0.2) is 0 Å². The molecule has 0 aromatic rings. The van der Waals surface area contributed by atoms with Gasteiger partial charge in [0, 0.05) is 32.2 Å². The SMILES string of the molecule is CCN(CCOC)CC1(CO)CCCC1. The maximum absolute atomic E-state index is 9.53. The van der Waals surface area contributed by atoms with Crippen LogP contribution in [0.4, 0.5) is 0 Å². The van der Waals surface area contributed by atoms with Gasteiger partial charge in [0.15, 0.2) is 0 Å². The van der Waals surface area contributed by atoms with Crippen LogP contribution in [0.3, 0.4) is 0 Å². The predicted molar refractivity (Wildman–Crippen MR) is 62.0 cm³/mol. The van der Waals surface area contributed by atoms with Crippen molar-refractivity contribution in [3.63, 3.8) is 0 Å². The number of ether oxygens (including phenoxy) is 1. The van der Waals surface area contributed by atoms with Gasteiger partial charge in [-0.1, -0.05) is 19.8 Å². The molecule has 0 bridgehead atoms. The highest BCUT2D eigenvalue weighted by Crippen LogP contribution is 2.38. The van der Waals surface area contributed by atoms with Crippen molar-refractivity contribution in [3.8, 4) is 0 Å². The molecule has 1 N–H and O–H groups in total. The van der Waals surface area contributed by atoms with Crippen molar-refractivity contribution in [1.29, 1.82) is 0 Å². The van der Waals surface area contributed by atoms with E-state index in [1.165, 1.54) is 25.7 Å². The van der Waals surface area contributed by atoms with Crippen LogP contribution >= 0.6 is 0 Å². The number of hydrogen-bond acceptors (Lipinski definition) is 3. The lowest BCUT2D eigenvalue weighted by Gasteiger charge is -2.33. The minimum atomic E-state index is 0.184. The molecule has 1 rings (SSSR count). The Balaban J connectivity index is 2.40. The molecule has 90 valence electrons. The summed E-state index contributed by atoms with van der Waals surface area (Å²) in [6.07, 6.45) is 4.94. The van der Waals surface area contributed by atoms with Crippen molar-refractivity contribution in [2.45, 2.75) is 32.6 Å². The van der Waals surface area contributed by atoms with Gasteiger partial charge in [0.05, 0.1) is 6.61 Å². The van der Waals surface area contributed by atoms with E-state index in [0.29, 0.717) is 6.61 Å². The molecule has 3 heteroatoms. The molecule has 1 saturated carbocycles. The summed E-state index contributed by atoms with van der Waals surface area (Å²) in [5.74, 6) is 0. The quantitative estimate of drug-likeness (QED) is 0.698. The first kappa shape index (κ1) is 12.9. The second-order valence-electron chi connectivity index (χ2n) is 4.73. The molecule has 0 aromatic carbocycles. The second-order valence-corrected chi connectivity index (χ2v) is 4.73. The van der Waals surface area contributed by atoms with Gasteiger partial charge < -0.3 is 14.7 Å². The standard InChI is InChI=1S/C12H25NO2/c1-3-13(8-9-15-2)10-12(11-14)6-4-5-7-12/h14H,3-11H2,1-2H3. The van der Waals surface area contributed by atoms with Crippen molar-refractivity contribution in [1.82, 2.24) is 4.90 Å². The Labute approximate surface area is 93.4 Å². The van der Waals surface area contributed by atoms with Crippen LogP contribution in [0.2, 0.25) is 0 Å². The Morgan fingerprint density at radius 1 is 1.33 bits per heavy atom. The lowest BCUT2D eigenvalue weighted by atomic mass is 9.86. The fourth-order valence-electron chi connectivity index (χ4n) is 2.53. The number of nitrogens with zero attached hydrogens (tertiary/aromatic N) is 1. The van der Waals surface area contributed by atoms with E-state index >= 15 is 0 Å². The molecule has 1 aliphatic rings. The Hall–Kier alpha value is -0.120. The van der Waals surface area contributed by atoms with Gasteiger partial charge in [-0.3, -0.25) is 0 Å². The van der Waals surface area contributed by atoms with E-state index in [4.69, 9.17) is 4.74 Å². The van der Waals surface area contributed by atoms with Crippen molar-refractivity contribution in [3.05, 3.63) is 0 Å². The molecule has 0 heterocycles. The van der Waals surface area contributed by atoms with Gasteiger partial charge in [-0.05, 0) is 19.4 Å². The summed E-state index contributed by atoms with van der Waals surface area (Å²) >= 11 is 0. The molecule has 1 aliphatic carbocycles. The molecule has 0 aliphatic heterocycles. The molecule has 0 unspecified atom stereocenters. The molecular weight excluding hydrogens is 190 g/mol. The first-order valence-electron chi connectivity index (χ1n) is 6.08. The Morgan fingerprint density at radius 3 is 2.47 bits per heavy atom. The third-order valence-electron chi connectivity index (χ3n) is 3.62. The number of rotatable bonds is 7. The molecule has 0 aromatic heterocycles. The van der Waals surface area contributed by atoms with E-state index in [1.807, 2.05) is 0 Å². The average molecular weight is 215 g/mol.